The molecule has 236 valence electrons. The molecule has 1 nitrogen and oxygen atoms in total. The summed E-state index contributed by atoms with van der Waals surface area (Å²) in [6.45, 7) is 2.17. The number of benzene rings is 9. The predicted molar refractivity (Wildman–Crippen MR) is 215 cm³/mol. The lowest BCUT2D eigenvalue weighted by molar-refractivity contribution is 1.45. The number of fused-ring (bicyclic) bond motifs is 6. The van der Waals surface area contributed by atoms with Gasteiger partial charge in [-0.05, 0) is 120 Å². The Morgan fingerprint density at radius 3 is 1.46 bits per heavy atom. The molecule has 50 heavy (non-hydrogen) atoms. The van der Waals surface area contributed by atoms with E-state index >= 15 is 0 Å². The normalized spacial score (nSPS) is 11.3. The molecule has 9 rings (SSSR count). The first-order valence-electron chi connectivity index (χ1n) is 17.3. The second kappa shape index (κ2) is 12.5. The third-order valence-corrected chi connectivity index (χ3v) is 9.98. The van der Waals surface area contributed by atoms with Crippen molar-refractivity contribution in [2.75, 3.05) is 5.32 Å². The molecule has 0 amide bonds. The summed E-state index contributed by atoms with van der Waals surface area (Å²) >= 11 is 0. The van der Waals surface area contributed by atoms with Crippen molar-refractivity contribution < 1.29 is 0 Å². The summed E-state index contributed by atoms with van der Waals surface area (Å²) in [4.78, 5) is 0. The minimum Gasteiger partial charge on any atom is -0.355 e. The maximum absolute atomic E-state index is 3.72. The molecule has 0 aliphatic heterocycles. The fourth-order valence-corrected chi connectivity index (χ4v) is 7.46. The second-order valence-electron chi connectivity index (χ2n) is 13.1. The van der Waals surface area contributed by atoms with Crippen molar-refractivity contribution in [3.05, 3.63) is 194 Å². The molecule has 9 aromatic rings. The number of nitrogens with one attached hydrogen (secondary N) is 1. The number of hydrogen-bond acceptors (Lipinski definition) is 1. The van der Waals surface area contributed by atoms with E-state index in [0.717, 1.165) is 11.4 Å². The molecule has 1 N–H and O–H groups in total. The van der Waals surface area contributed by atoms with Crippen molar-refractivity contribution in [2.24, 2.45) is 0 Å². The van der Waals surface area contributed by atoms with Crippen LogP contribution in [0.3, 0.4) is 0 Å². The standard InChI is InChI=1S/C49H35N/c1-33-13-5-6-20-41(33)46-23-9-10-24-49(46)50-40-19-12-18-37(30-40)35-16-11-17-36(29-35)39-26-28-45-43-22-8-7-21-42(43)44-27-25-38(31-47(44)48(45)32-39)34-14-3-2-4-15-34/h2-32,50H,1H3. The van der Waals surface area contributed by atoms with Gasteiger partial charge in [0.05, 0.1) is 0 Å². The first kappa shape index (κ1) is 29.7. The van der Waals surface area contributed by atoms with Crippen molar-refractivity contribution in [3.8, 4) is 44.5 Å². The summed E-state index contributed by atoms with van der Waals surface area (Å²) in [6.07, 6.45) is 0. The molecule has 0 spiro atoms. The molecular weight excluding hydrogens is 603 g/mol. The maximum atomic E-state index is 3.72. The van der Waals surface area contributed by atoms with Crippen molar-refractivity contribution in [2.45, 2.75) is 6.92 Å². The second-order valence-corrected chi connectivity index (χ2v) is 13.1. The van der Waals surface area contributed by atoms with E-state index in [1.54, 1.807) is 0 Å². The van der Waals surface area contributed by atoms with E-state index < -0.39 is 0 Å². The third-order valence-electron chi connectivity index (χ3n) is 9.98. The van der Waals surface area contributed by atoms with Crippen LogP contribution in [0.5, 0.6) is 0 Å². The van der Waals surface area contributed by atoms with Crippen LogP contribution in [0.25, 0.3) is 76.8 Å². The van der Waals surface area contributed by atoms with Crippen LogP contribution in [0.4, 0.5) is 11.4 Å². The van der Waals surface area contributed by atoms with Gasteiger partial charge in [-0.2, -0.15) is 0 Å². The smallest absolute Gasteiger partial charge is 0.0464 e. The van der Waals surface area contributed by atoms with Gasteiger partial charge in [0.2, 0.25) is 0 Å². The fourth-order valence-electron chi connectivity index (χ4n) is 7.46. The van der Waals surface area contributed by atoms with Crippen LogP contribution in [0.15, 0.2) is 188 Å². The highest BCUT2D eigenvalue weighted by Gasteiger charge is 2.13. The molecule has 1 heteroatoms. The predicted octanol–water partition coefficient (Wildman–Crippen LogP) is 13.9. The summed E-state index contributed by atoms with van der Waals surface area (Å²) in [5, 5.41) is 11.4. The van der Waals surface area contributed by atoms with Crippen molar-refractivity contribution in [1.82, 2.24) is 0 Å². The van der Waals surface area contributed by atoms with Crippen LogP contribution in [-0.4, -0.2) is 0 Å². The Labute approximate surface area is 293 Å². The van der Waals surface area contributed by atoms with Gasteiger partial charge < -0.3 is 5.32 Å². The van der Waals surface area contributed by atoms with E-state index in [1.807, 2.05) is 0 Å². The molecule has 0 unspecified atom stereocenters. The topological polar surface area (TPSA) is 12.0 Å². The van der Waals surface area contributed by atoms with Crippen molar-refractivity contribution >= 4 is 43.7 Å². The Balaban J connectivity index is 1.11. The van der Waals surface area contributed by atoms with Gasteiger partial charge in [-0.1, -0.05) is 152 Å². The number of hydrogen-bond donors (Lipinski definition) is 1. The zero-order valence-corrected chi connectivity index (χ0v) is 27.9. The summed E-state index contributed by atoms with van der Waals surface area (Å²) in [7, 11) is 0. The Hall–Kier alpha value is -6.44. The number of anilines is 2. The highest BCUT2D eigenvalue weighted by molar-refractivity contribution is 6.26. The highest BCUT2D eigenvalue weighted by Crippen LogP contribution is 2.40. The molecule has 0 aliphatic carbocycles. The molecule has 0 saturated carbocycles. The van der Waals surface area contributed by atoms with Crippen molar-refractivity contribution in [3.63, 3.8) is 0 Å². The molecule has 0 fully saturated rings. The number of aryl methyl sites for hydroxylation is 1. The van der Waals surface area contributed by atoms with Gasteiger partial charge in [0.25, 0.3) is 0 Å². The molecule has 9 aromatic carbocycles. The molecule has 0 saturated heterocycles. The summed E-state index contributed by atoms with van der Waals surface area (Å²) in [5.41, 5.74) is 13.1. The van der Waals surface area contributed by atoms with Gasteiger partial charge in [-0.3, -0.25) is 0 Å². The first-order chi connectivity index (χ1) is 24.7. The zero-order valence-electron chi connectivity index (χ0n) is 27.9. The average molecular weight is 638 g/mol. The Morgan fingerprint density at radius 1 is 0.300 bits per heavy atom. The molecule has 0 radical (unpaired) electrons. The highest BCUT2D eigenvalue weighted by atomic mass is 14.9. The van der Waals surface area contributed by atoms with E-state index in [0.29, 0.717) is 0 Å². The van der Waals surface area contributed by atoms with Gasteiger partial charge in [0.15, 0.2) is 0 Å². The minimum atomic E-state index is 1.06. The molecule has 0 aromatic heterocycles. The van der Waals surface area contributed by atoms with Crippen LogP contribution in [0, 0.1) is 6.92 Å². The monoisotopic (exact) mass is 637 g/mol. The van der Waals surface area contributed by atoms with E-state index in [9.17, 15) is 0 Å². The van der Waals surface area contributed by atoms with Gasteiger partial charge >= 0.3 is 0 Å². The minimum absolute atomic E-state index is 1.06. The molecule has 0 bridgehead atoms. The fraction of sp³-hybridized carbons (Fsp3) is 0.0204. The van der Waals surface area contributed by atoms with Crippen LogP contribution >= 0.6 is 0 Å². The molecule has 0 heterocycles. The number of rotatable bonds is 6. The summed E-state index contributed by atoms with van der Waals surface area (Å²) in [6, 6.07) is 68.1. The first-order valence-corrected chi connectivity index (χ1v) is 17.3. The summed E-state index contributed by atoms with van der Waals surface area (Å²) < 4.78 is 0. The Morgan fingerprint density at radius 2 is 0.780 bits per heavy atom. The van der Waals surface area contributed by atoms with Crippen LogP contribution in [0.2, 0.25) is 0 Å². The average Bonchev–Trinajstić information content (AvgIpc) is 3.19. The van der Waals surface area contributed by atoms with Gasteiger partial charge in [0.1, 0.15) is 0 Å². The van der Waals surface area contributed by atoms with Crippen LogP contribution in [0.1, 0.15) is 5.56 Å². The van der Waals surface area contributed by atoms with Gasteiger partial charge in [-0.25, -0.2) is 0 Å². The van der Waals surface area contributed by atoms with E-state index in [1.165, 1.54) is 82.4 Å². The van der Waals surface area contributed by atoms with Crippen LogP contribution < -0.4 is 5.32 Å². The zero-order chi connectivity index (χ0) is 33.4. The lowest BCUT2D eigenvalue weighted by atomic mass is 9.90. The SMILES string of the molecule is Cc1ccccc1-c1ccccc1Nc1cccc(-c2cccc(-c3ccc4c5ccccc5c5ccc(-c6ccccc6)cc5c4c3)c2)c1. The van der Waals surface area contributed by atoms with E-state index in [4.69, 9.17) is 0 Å². The van der Waals surface area contributed by atoms with Gasteiger partial charge in [-0.15, -0.1) is 0 Å². The lowest BCUT2D eigenvalue weighted by Gasteiger charge is -2.15. The molecular formula is C49H35N. The van der Waals surface area contributed by atoms with Crippen LogP contribution in [-0.2, 0) is 0 Å². The maximum Gasteiger partial charge on any atom is 0.0464 e. The Bertz CT molecular complexity index is 2690. The summed E-state index contributed by atoms with van der Waals surface area (Å²) in [5.74, 6) is 0. The van der Waals surface area contributed by atoms with Gasteiger partial charge in [0, 0.05) is 16.9 Å². The quantitative estimate of drug-likeness (QED) is 0.179. The van der Waals surface area contributed by atoms with E-state index in [2.05, 4.69) is 200 Å². The number of para-hydroxylation sites is 1. The lowest BCUT2D eigenvalue weighted by Crippen LogP contribution is -1.94. The molecule has 0 aliphatic rings. The van der Waals surface area contributed by atoms with E-state index in [-0.39, 0.29) is 0 Å². The molecule has 0 atom stereocenters. The van der Waals surface area contributed by atoms with Crippen molar-refractivity contribution in [1.29, 1.82) is 0 Å². The Kier molecular flexibility index (Phi) is 7.44. The largest absolute Gasteiger partial charge is 0.355 e. The third kappa shape index (κ3) is 5.40.